The van der Waals surface area contributed by atoms with E-state index in [1.807, 2.05) is 12.3 Å². The Balaban J connectivity index is 2.74. The zero-order chi connectivity index (χ0) is 15.0. The number of hydrogen-bond acceptors (Lipinski definition) is 3. The summed E-state index contributed by atoms with van der Waals surface area (Å²) in [6.45, 7) is 13.5. The van der Waals surface area contributed by atoms with Gasteiger partial charge in [-0.2, -0.15) is 0 Å². The minimum atomic E-state index is 0.365. The first-order valence-electron chi connectivity index (χ1n) is 8.03. The molecular weight excluding hydrogens is 246 g/mol. The molecule has 0 aliphatic heterocycles. The third kappa shape index (κ3) is 6.36. The van der Waals surface area contributed by atoms with Crippen LogP contribution in [0.5, 0.6) is 0 Å². The third-order valence-electron chi connectivity index (χ3n) is 3.39. The molecule has 3 nitrogen and oxygen atoms in total. The van der Waals surface area contributed by atoms with Gasteiger partial charge in [-0.3, -0.25) is 0 Å². The summed E-state index contributed by atoms with van der Waals surface area (Å²) < 4.78 is 0. The fourth-order valence-corrected chi connectivity index (χ4v) is 2.10. The highest BCUT2D eigenvalue weighted by Gasteiger charge is 2.14. The number of unbranched alkanes of at least 4 members (excludes halogenated alkanes) is 1. The van der Waals surface area contributed by atoms with Crippen molar-refractivity contribution in [3.63, 3.8) is 0 Å². The maximum atomic E-state index is 4.74. The van der Waals surface area contributed by atoms with Gasteiger partial charge in [0.2, 0.25) is 0 Å². The van der Waals surface area contributed by atoms with Crippen LogP contribution >= 0.6 is 0 Å². The number of anilines is 1. The Hall–Kier alpha value is -1.12. The van der Waals surface area contributed by atoms with E-state index < -0.39 is 0 Å². The predicted octanol–water partition coefficient (Wildman–Crippen LogP) is 4.47. The summed E-state index contributed by atoms with van der Waals surface area (Å²) in [6.07, 6.45) is 7.59. The quantitative estimate of drug-likeness (QED) is 0.702. The maximum absolute atomic E-state index is 4.74. The number of nitrogens with zero attached hydrogens (tertiary/aromatic N) is 3. The van der Waals surface area contributed by atoms with Gasteiger partial charge < -0.3 is 4.90 Å². The highest BCUT2D eigenvalue weighted by atomic mass is 15.2. The second-order valence-corrected chi connectivity index (χ2v) is 6.73. The lowest BCUT2D eigenvalue weighted by Crippen LogP contribution is -2.29. The highest BCUT2D eigenvalue weighted by Crippen LogP contribution is 2.21. The molecule has 0 fully saturated rings. The summed E-state index contributed by atoms with van der Waals surface area (Å²) in [5.41, 5.74) is 0.365. The number of rotatable bonds is 8. The van der Waals surface area contributed by atoms with Gasteiger partial charge in [0, 0.05) is 25.7 Å². The van der Waals surface area contributed by atoms with Gasteiger partial charge in [-0.25, -0.2) is 9.97 Å². The van der Waals surface area contributed by atoms with E-state index in [-0.39, 0.29) is 0 Å². The van der Waals surface area contributed by atoms with Gasteiger partial charge in [-0.05, 0) is 30.7 Å². The van der Waals surface area contributed by atoms with Crippen LogP contribution in [0.4, 0.5) is 5.82 Å². The molecule has 1 heterocycles. The van der Waals surface area contributed by atoms with Gasteiger partial charge in [0.1, 0.15) is 11.6 Å². The number of aromatic nitrogens is 2. The van der Waals surface area contributed by atoms with Crippen LogP contribution in [-0.2, 0) is 6.42 Å². The van der Waals surface area contributed by atoms with Crippen molar-refractivity contribution in [2.75, 3.05) is 18.0 Å². The Morgan fingerprint density at radius 2 is 1.85 bits per heavy atom. The molecular formula is C17H31N3. The van der Waals surface area contributed by atoms with E-state index >= 15 is 0 Å². The van der Waals surface area contributed by atoms with Crippen LogP contribution in [0.1, 0.15) is 66.1 Å². The summed E-state index contributed by atoms with van der Waals surface area (Å²) in [5, 5.41) is 0. The van der Waals surface area contributed by atoms with Crippen molar-refractivity contribution in [2.24, 2.45) is 5.41 Å². The lowest BCUT2D eigenvalue weighted by Gasteiger charge is -2.27. The van der Waals surface area contributed by atoms with Crippen molar-refractivity contribution in [2.45, 2.75) is 66.7 Å². The monoisotopic (exact) mass is 277 g/mol. The van der Waals surface area contributed by atoms with Crippen LogP contribution in [0.15, 0.2) is 12.3 Å². The van der Waals surface area contributed by atoms with E-state index in [9.17, 15) is 0 Å². The van der Waals surface area contributed by atoms with Gasteiger partial charge in [0.15, 0.2) is 0 Å². The van der Waals surface area contributed by atoms with Crippen molar-refractivity contribution in [3.8, 4) is 0 Å². The lowest BCUT2D eigenvalue weighted by molar-refractivity contribution is 0.378. The van der Waals surface area contributed by atoms with E-state index in [0.29, 0.717) is 5.41 Å². The van der Waals surface area contributed by atoms with E-state index in [2.05, 4.69) is 44.5 Å². The first-order chi connectivity index (χ1) is 9.46. The Bertz CT molecular complexity index is 382. The average Bonchev–Trinajstić information content (AvgIpc) is 2.40. The topological polar surface area (TPSA) is 29.0 Å². The molecule has 0 spiro atoms. The van der Waals surface area contributed by atoms with Crippen molar-refractivity contribution in [3.05, 3.63) is 18.1 Å². The molecule has 0 saturated heterocycles. The van der Waals surface area contributed by atoms with Crippen molar-refractivity contribution in [1.82, 2.24) is 9.97 Å². The number of aryl methyl sites for hydroxylation is 1. The number of hydrogen-bond donors (Lipinski definition) is 0. The van der Waals surface area contributed by atoms with E-state index in [4.69, 9.17) is 4.98 Å². The van der Waals surface area contributed by atoms with Gasteiger partial charge in [-0.15, -0.1) is 0 Å². The standard InChI is InChI=1S/C17H31N3/c1-6-8-9-15-18-12-10-16(19-15)20(13-7-2)14-11-17(3,4)5/h10,12H,6-9,11,13-14H2,1-5H3. The largest absolute Gasteiger partial charge is 0.357 e. The molecule has 0 aliphatic rings. The van der Waals surface area contributed by atoms with Gasteiger partial charge in [-0.1, -0.05) is 41.0 Å². The van der Waals surface area contributed by atoms with Crippen molar-refractivity contribution >= 4 is 5.82 Å². The summed E-state index contributed by atoms with van der Waals surface area (Å²) in [5.74, 6) is 2.08. The van der Waals surface area contributed by atoms with Gasteiger partial charge in [0.05, 0.1) is 0 Å². The summed E-state index contributed by atoms with van der Waals surface area (Å²) in [4.78, 5) is 11.5. The summed E-state index contributed by atoms with van der Waals surface area (Å²) in [6, 6.07) is 2.05. The summed E-state index contributed by atoms with van der Waals surface area (Å²) >= 11 is 0. The minimum Gasteiger partial charge on any atom is -0.357 e. The molecule has 0 saturated carbocycles. The Morgan fingerprint density at radius 3 is 2.45 bits per heavy atom. The first kappa shape index (κ1) is 16.9. The molecule has 1 rings (SSSR count). The van der Waals surface area contributed by atoms with E-state index in [1.165, 1.54) is 19.3 Å². The average molecular weight is 277 g/mol. The minimum absolute atomic E-state index is 0.365. The zero-order valence-electron chi connectivity index (χ0n) is 13.9. The molecule has 0 radical (unpaired) electrons. The molecule has 20 heavy (non-hydrogen) atoms. The molecule has 0 atom stereocenters. The molecule has 0 amide bonds. The molecule has 114 valence electrons. The second kappa shape index (κ2) is 8.23. The fourth-order valence-electron chi connectivity index (χ4n) is 2.10. The fraction of sp³-hybridized carbons (Fsp3) is 0.765. The van der Waals surface area contributed by atoms with Crippen molar-refractivity contribution < 1.29 is 0 Å². The molecule has 3 heteroatoms. The summed E-state index contributed by atoms with van der Waals surface area (Å²) in [7, 11) is 0. The molecule has 1 aromatic rings. The normalized spacial score (nSPS) is 11.7. The predicted molar refractivity (Wildman–Crippen MR) is 87.2 cm³/mol. The SMILES string of the molecule is CCCCc1nccc(N(CCC)CCC(C)(C)C)n1. The van der Waals surface area contributed by atoms with Gasteiger partial charge in [0.25, 0.3) is 0 Å². The van der Waals surface area contributed by atoms with Crippen LogP contribution < -0.4 is 4.90 Å². The van der Waals surface area contributed by atoms with Crippen LogP contribution in [-0.4, -0.2) is 23.1 Å². The maximum Gasteiger partial charge on any atom is 0.132 e. The van der Waals surface area contributed by atoms with Crippen LogP contribution in [0, 0.1) is 5.41 Å². The van der Waals surface area contributed by atoms with Gasteiger partial charge >= 0.3 is 0 Å². The first-order valence-corrected chi connectivity index (χ1v) is 8.03. The Kier molecular flexibility index (Phi) is 6.97. The Morgan fingerprint density at radius 1 is 1.10 bits per heavy atom. The van der Waals surface area contributed by atoms with Crippen LogP contribution in [0.2, 0.25) is 0 Å². The molecule has 1 aromatic heterocycles. The van der Waals surface area contributed by atoms with Crippen LogP contribution in [0.25, 0.3) is 0 Å². The van der Waals surface area contributed by atoms with E-state index in [0.717, 1.165) is 37.6 Å². The molecule has 0 unspecified atom stereocenters. The third-order valence-corrected chi connectivity index (χ3v) is 3.39. The highest BCUT2D eigenvalue weighted by molar-refractivity contribution is 5.37. The van der Waals surface area contributed by atoms with Crippen LogP contribution in [0.3, 0.4) is 0 Å². The Labute approximate surface area is 124 Å². The smallest absolute Gasteiger partial charge is 0.132 e. The second-order valence-electron chi connectivity index (χ2n) is 6.73. The molecule has 0 bridgehead atoms. The molecule has 0 aromatic carbocycles. The lowest BCUT2D eigenvalue weighted by atomic mass is 9.92. The van der Waals surface area contributed by atoms with E-state index in [1.54, 1.807) is 0 Å². The molecule has 0 aliphatic carbocycles. The van der Waals surface area contributed by atoms with Crippen molar-refractivity contribution in [1.29, 1.82) is 0 Å². The molecule has 0 N–H and O–H groups in total. The zero-order valence-corrected chi connectivity index (χ0v) is 13.9.